The first-order valence-corrected chi connectivity index (χ1v) is 6.88. The van der Waals surface area contributed by atoms with E-state index in [2.05, 4.69) is 0 Å². The van der Waals surface area contributed by atoms with Crippen LogP contribution in [0.3, 0.4) is 0 Å². The molecule has 0 fully saturated rings. The Morgan fingerprint density at radius 2 is 1.95 bits per heavy atom. The number of nitrogens with zero attached hydrogens (tertiary/aromatic N) is 1. The number of carbonyl (C=O) groups is 1. The van der Waals surface area contributed by atoms with Gasteiger partial charge in [0, 0.05) is 6.54 Å². The highest BCUT2D eigenvalue weighted by Gasteiger charge is 2.28. The van der Waals surface area contributed by atoms with Gasteiger partial charge in [0.2, 0.25) is 0 Å². The lowest BCUT2D eigenvalue weighted by Gasteiger charge is -2.32. The molecule has 0 aliphatic carbocycles. The summed E-state index contributed by atoms with van der Waals surface area (Å²) in [7, 11) is 0. The third kappa shape index (κ3) is 4.04. The Morgan fingerprint density at radius 1 is 1.33 bits per heavy atom. The second-order valence-electron chi connectivity index (χ2n) is 6.07. The molecule has 114 valence electrons. The fourth-order valence-corrected chi connectivity index (χ4v) is 2.15. The Hall–Kier alpha value is -1.88. The highest BCUT2D eigenvalue weighted by Crippen LogP contribution is 2.24. The Kier molecular flexibility index (Phi) is 4.32. The Morgan fingerprint density at radius 3 is 2.48 bits per heavy atom. The first-order chi connectivity index (χ1) is 9.76. The van der Waals surface area contributed by atoms with E-state index in [9.17, 15) is 14.3 Å². The van der Waals surface area contributed by atoms with E-state index in [-0.39, 0.29) is 12.4 Å². The van der Waals surface area contributed by atoms with Crippen LogP contribution in [0.5, 0.6) is 0 Å². The molecule has 1 atom stereocenters. The molecule has 1 aliphatic heterocycles. The number of aliphatic hydroxyl groups excluding tert-OH is 1. The highest BCUT2D eigenvalue weighted by atomic mass is 19.1. The van der Waals surface area contributed by atoms with Crippen molar-refractivity contribution in [2.75, 3.05) is 13.1 Å². The quantitative estimate of drug-likeness (QED) is 0.866. The summed E-state index contributed by atoms with van der Waals surface area (Å²) >= 11 is 0. The van der Waals surface area contributed by atoms with Gasteiger partial charge in [-0.1, -0.05) is 18.2 Å². The van der Waals surface area contributed by atoms with Gasteiger partial charge in [-0.05, 0) is 44.0 Å². The van der Waals surface area contributed by atoms with E-state index in [0.717, 1.165) is 5.56 Å². The molecule has 4 nitrogen and oxygen atoms in total. The zero-order valence-corrected chi connectivity index (χ0v) is 12.5. The summed E-state index contributed by atoms with van der Waals surface area (Å²) < 4.78 is 18.2. The van der Waals surface area contributed by atoms with Gasteiger partial charge in [-0.2, -0.15) is 0 Å². The first-order valence-electron chi connectivity index (χ1n) is 6.88. The number of carbonyl (C=O) groups excluding carboxylic acids is 1. The molecule has 1 amide bonds. The summed E-state index contributed by atoms with van der Waals surface area (Å²) in [5, 5.41) is 10.2. The third-order valence-corrected chi connectivity index (χ3v) is 3.11. The average Bonchev–Trinajstić information content (AvgIpc) is 2.38. The van der Waals surface area contributed by atoms with Crippen molar-refractivity contribution in [3.63, 3.8) is 0 Å². The van der Waals surface area contributed by atoms with Gasteiger partial charge in [-0.3, -0.25) is 0 Å². The van der Waals surface area contributed by atoms with Gasteiger partial charge < -0.3 is 14.7 Å². The molecular weight excluding hydrogens is 273 g/mol. The SMILES string of the molecule is CC(C)(C)OC(=O)N1CC=C(c2ccc(F)cc2)[C@@H](O)C1. The summed E-state index contributed by atoms with van der Waals surface area (Å²) in [5.41, 5.74) is 0.894. The number of ether oxygens (including phenoxy) is 1. The molecule has 21 heavy (non-hydrogen) atoms. The largest absolute Gasteiger partial charge is 0.444 e. The van der Waals surface area contributed by atoms with Gasteiger partial charge in [0.15, 0.2) is 0 Å². The molecule has 1 aromatic carbocycles. The topological polar surface area (TPSA) is 49.8 Å². The minimum absolute atomic E-state index is 0.165. The molecule has 0 unspecified atom stereocenters. The smallest absolute Gasteiger partial charge is 0.410 e. The van der Waals surface area contributed by atoms with E-state index in [1.807, 2.05) is 0 Å². The predicted molar refractivity (Wildman–Crippen MR) is 78.2 cm³/mol. The van der Waals surface area contributed by atoms with Crippen molar-refractivity contribution in [1.29, 1.82) is 0 Å². The Balaban J connectivity index is 2.09. The van der Waals surface area contributed by atoms with Crippen LogP contribution in [-0.2, 0) is 4.74 Å². The summed E-state index contributed by atoms with van der Waals surface area (Å²) in [6.45, 7) is 5.91. The van der Waals surface area contributed by atoms with Gasteiger partial charge in [-0.15, -0.1) is 0 Å². The second kappa shape index (κ2) is 5.85. The fourth-order valence-electron chi connectivity index (χ4n) is 2.15. The van der Waals surface area contributed by atoms with Crippen LogP contribution in [0.4, 0.5) is 9.18 Å². The first kappa shape index (κ1) is 15.5. The number of aliphatic hydroxyl groups is 1. The van der Waals surface area contributed by atoms with Crippen LogP contribution >= 0.6 is 0 Å². The van der Waals surface area contributed by atoms with Crippen molar-refractivity contribution in [1.82, 2.24) is 4.90 Å². The third-order valence-electron chi connectivity index (χ3n) is 3.11. The molecule has 1 N–H and O–H groups in total. The van der Waals surface area contributed by atoms with Crippen molar-refractivity contribution in [3.8, 4) is 0 Å². The monoisotopic (exact) mass is 293 g/mol. The number of amides is 1. The van der Waals surface area contributed by atoms with Crippen LogP contribution in [0, 0.1) is 5.82 Å². The number of hydrogen-bond donors (Lipinski definition) is 1. The van der Waals surface area contributed by atoms with Gasteiger partial charge in [0.05, 0.1) is 12.6 Å². The zero-order chi connectivity index (χ0) is 15.6. The molecular formula is C16H20FNO3. The highest BCUT2D eigenvalue weighted by molar-refractivity contribution is 5.74. The molecule has 5 heteroatoms. The van der Waals surface area contributed by atoms with Crippen molar-refractivity contribution >= 4 is 11.7 Å². The maximum atomic E-state index is 12.9. The maximum Gasteiger partial charge on any atom is 0.410 e. The van der Waals surface area contributed by atoms with Crippen LogP contribution in [0.1, 0.15) is 26.3 Å². The van der Waals surface area contributed by atoms with E-state index >= 15 is 0 Å². The van der Waals surface area contributed by atoms with Crippen molar-refractivity contribution < 1.29 is 19.0 Å². The summed E-state index contributed by atoms with van der Waals surface area (Å²) in [6, 6.07) is 5.94. The number of β-amino-alcohol motifs (C(OH)–C–C–N with tert-alkyl or cyclic N) is 1. The van der Waals surface area contributed by atoms with Crippen LogP contribution < -0.4 is 0 Å². The maximum absolute atomic E-state index is 12.9. The normalized spacial score (nSPS) is 19.2. The van der Waals surface area contributed by atoms with Gasteiger partial charge in [0.25, 0.3) is 0 Å². The van der Waals surface area contributed by atoms with E-state index < -0.39 is 17.8 Å². The Bertz CT molecular complexity index is 546. The summed E-state index contributed by atoms with van der Waals surface area (Å²) in [6.07, 6.45) is 0.512. The van der Waals surface area contributed by atoms with Crippen LogP contribution in [0.2, 0.25) is 0 Å². The molecule has 0 aromatic heterocycles. The molecule has 1 aromatic rings. The van der Waals surface area contributed by atoms with Crippen LogP contribution in [0.15, 0.2) is 30.3 Å². The standard InChI is InChI=1S/C16H20FNO3/c1-16(2,3)21-15(20)18-9-8-13(14(19)10-18)11-4-6-12(17)7-5-11/h4-8,14,19H,9-10H2,1-3H3/t14-/m0/s1. The van der Waals surface area contributed by atoms with E-state index in [0.29, 0.717) is 12.1 Å². The second-order valence-corrected chi connectivity index (χ2v) is 6.07. The van der Waals surface area contributed by atoms with Crippen LogP contribution in [0.25, 0.3) is 5.57 Å². The number of rotatable bonds is 1. The summed E-state index contributed by atoms with van der Waals surface area (Å²) in [4.78, 5) is 13.4. The van der Waals surface area contributed by atoms with Crippen molar-refractivity contribution in [2.45, 2.75) is 32.5 Å². The Labute approximate surface area is 123 Å². The molecule has 1 heterocycles. The molecule has 0 saturated heterocycles. The van der Waals surface area contributed by atoms with Gasteiger partial charge >= 0.3 is 6.09 Å². The molecule has 2 rings (SSSR count). The molecule has 0 spiro atoms. The molecule has 1 aliphatic rings. The molecule has 0 bridgehead atoms. The van der Waals surface area contributed by atoms with Crippen LogP contribution in [-0.4, -0.2) is 40.9 Å². The average molecular weight is 293 g/mol. The number of benzene rings is 1. The van der Waals surface area contributed by atoms with E-state index in [1.54, 1.807) is 39.0 Å². The zero-order valence-electron chi connectivity index (χ0n) is 12.5. The lowest BCUT2D eigenvalue weighted by atomic mass is 9.97. The minimum atomic E-state index is -0.809. The van der Waals surface area contributed by atoms with E-state index in [1.165, 1.54) is 17.0 Å². The van der Waals surface area contributed by atoms with Gasteiger partial charge in [0.1, 0.15) is 11.4 Å². The molecule has 0 radical (unpaired) electrons. The number of halogens is 1. The molecule has 0 saturated carbocycles. The minimum Gasteiger partial charge on any atom is -0.444 e. The lowest BCUT2D eigenvalue weighted by molar-refractivity contribution is 0.0198. The van der Waals surface area contributed by atoms with E-state index in [4.69, 9.17) is 4.74 Å². The van der Waals surface area contributed by atoms with Crippen molar-refractivity contribution in [2.24, 2.45) is 0 Å². The lowest BCUT2D eigenvalue weighted by Crippen LogP contribution is -2.43. The fraction of sp³-hybridized carbons (Fsp3) is 0.438. The van der Waals surface area contributed by atoms with Crippen molar-refractivity contribution in [3.05, 3.63) is 41.7 Å². The summed E-state index contributed by atoms with van der Waals surface area (Å²) in [5.74, 6) is -0.319. The van der Waals surface area contributed by atoms with Gasteiger partial charge in [-0.25, -0.2) is 9.18 Å². The number of hydrogen-bond acceptors (Lipinski definition) is 3. The predicted octanol–water partition coefficient (Wildman–Crippen LogP) is 2.82.